The number of aromatic nitrogens is 2. The quantitative estimate of drug-likeness (QED) is 0.644. The summed E-state index contributed by atoms with van der Waals surface area (Å²) in [5, 5.41) is 13.2. The van der Waals surface area contributed by atoms with Crippen LogP contribution >= 0.6 is 0 Å². The van der Waals surface area contributed by atoms with Crippen molar-refractivity contribution >= 4 is 10.0 Å². The Morgan fingerprint density at radius 1 is 1.11 bits per heavy atom. The fourth-order valence-corrected chi connectivity index (χ4v) is 3.41. The van der Waals surface area contributed by atoms with E-state index in [0.717, 1.165) is 20.8 Å². The highest BCUT2D eigenvalue weighted by Crippen LogP contribution is 2.32. The molecule has 27 heavy (non-hydrogen) atoms. The molecule has 0 spiro atoms. The van der Waals surface area contributed by atoms with E-state index in [2.05, 4.69) is 5.10 Å². The lowest BCUT2D eigenvalue weighted by Gasteiger charge is -2.12. The van der Waals surface area contributed by atoms with E-state index in [0.29, 0.717) is 24.3 Å². The van der Waals surface area contributed by atoms with Crippen LogP contribution in [-0.4, -0.2) is 35.1 Å². The van der Waals surface area contributed by atoms with E-state index in [-0.39, 0.29) is 12.4 Å². The van der Waals surface area contributed by atoms with E-state index in [1.54, 1.807) is 6.92 Å². The van der Waals surface area contributed by atoms with Crippen LogP contribution in [0.15, 0.2) is 60.9 Å². The third kappa shape index (κ3) is 4.56. The minimum absolute atomic E-state index is 0.0317. The molecule has 1 aromatic heterocycles. The second-order valence-corrected chi connectivity index (χ2v) is 8.20. The molecule has 0 saturated carbocycles. The maximum absolute atomic E-state index is 12.0. The second kappa shape index (κ2) is 8.37. The Morgan fingerprint density at radius 2 is 1.89 bits per heavy atom. The molecule has 0 aliphatic rings. The molecule has 0 aliphatic carbocycles. The van der Waals surface area contributed by atoms with Crippen molar-refractivity contribution in [1.82, 2.24) is 9.19 Å². The zero-order chi connectivity index (χ0) is 19.3. The largest absolute Gasteiger partial charge is 0.488 e. The average molecular weight is 386 g/mol. The number of hydrogen-bond donors (Lipinski definition) is 1. The predicted molar refractivity (Wildman–Crippen MR) is 104 cm³/mol. The molecule has 142 valence electrons. The minimum atomic E-state index is -3.45. The SMILES string of the molecule is CCS(=O)(=O)n1cc(-c2cc(CCO)ccc2OCc2ccccc2)cn1. The summed E-state index contributed by atoms with van der Waals surface area (Å²) in [6.07, 6.45) is 3.51. The molecule has 0 aliphatic heterocycles. The lowest BCUT2D eigenvalue weighted by molar-refractivity contribution is 0.298. The molecule has 0 atom stereocenters. The Balaban J connectivity index is 1.95. The van der Waals surface area contributed by atoms with Crippen LogP contribution < -0.4 is 4.74 Å². The summed E-state index contributed by atoms with van der Waals surface area (Å²) in [7, 11) is -3.45. The standard InChI is InChI=1S/C20H22N2O4S/c1-2-27(24,25)22-14-18(13-21-22)19-12-16(10-11-23)8-9-20(19)26-15-17-6-4-3-5-7-17/h3-9,12-14,23H,2,10-11,15H2,1H3. The molecule has 2 aromatic carbocycles. The number of ether oxygens (including phenoxy) is 1. The number of aliphatic hydroxyl groups is 1. The predicted octanol–water partition coefficient (Wildman–Crippen LogP) is 2.86. The highest BCUT2D eigenvalue weighted by molar-refractivity contribution is 7.89. The summed E-state index contributed by atoms with van der Waals surface area (Å²) in [5.41, 5.74) is 3.36. The number of rotatable bonds is 8. The maximum Gasteiger partial charge on any atom is 0.253 e. The third-order valence-electron chi connectivity index (χ3n) is 4.20. The van der Waals surface area contributed by atoms with E-state index >= 15 is 0 Å². The van der Waals surface area contributed by atoms with Crippen LogP contribution in [0.25, 0.3) is 11.1 Å². The fourth-order valence-electron chi connectivity index (χ4n) is 2.68. The first kappa shape index (κ1) is 19.1. The molecule has 1 N–H and O–H groups in total. The maximum atomic E-state index is 12.0. The summed E-state index contributed by atoms with van der Waals surface area (Å²) in [5.74, 6) is 0.602. The van der Waals surface area contributed by atoms with E-state index in [4.69, 9.17) is 4.74 Å². The highest BCUT2D eigenvalue weighted by atomic mass is 32.2. The molecular weight excluding hydrogens is 364 g/mol. The van der Waals surface area contributed by atoms with Gasteiger partial charge in [0.2, 0.25) is 0 Å². The normalized spacial score (nSPS) is 11.5. The second-order valence-electron chi connectivity index (χ2n) is 6.08. The van der Waals surface area contributed by atoms with Crippen LogP contribution in [0, 0.1) is 0 Å². The van der Waals surface area contributed by atoms with E-state index in [9.17, 15) is 13.5 Å². The van der Waals surface area contributed by atoms with Gasteiger partial charge in [0.1, 0.15) is 12.4 Å². The summed E-state index contributed by atoms with van der Waals surface area (Å²) in [6.45, 7) is 2.01. The van der Waals surface area contributed by atoms with Gasteiger partial charge < -0.3 is 9.84 Å². The van der Waals surface area contributed by atoms with Crippen LogP contribution in [-0.2, 0) is 23.1 Å². The van der Waals surface area contributed by atoms with Gasteiger partial charge in [-0.2, -0.15) is 9.19 Å². The van der Waals surface area contributed by atoms with Crippen LogP contribution in [0.5, 0.6) is 5.75 Å². The third-order valence-corrected chi connectivity index (χ3v) is 5.70. The van der Waals surface area contributed by atoms with Gasteiger partial charge in [0.25, 0.3) is 10.0 Å². The molecule has 1 heterocycles. The highest BCUT2D eigenvalue weighted by Gasteiger charge is 2.15. The van der Waals surface area contributed by atoms with Crippen LogP contribution in [0.3, 0.4) is 0 Å². The van der Waals surface area contributed by atoms with Crippen molar-refractivity contribution in [2.45, 2.75) is 20.0 Å². The summed E-state index contributed by atoms with van der Waals surface area (Å²) in [6, 6.07) is 15.4. The molecule has 0 radical (unpaired) electrons. The Morgan fingerprint density at radius 3 is 2.59 bits per heavy atom. The fraction of sp³-hybridized carbons (Fsp3) is 0.250. The van der Waals surface area contributed by atoms with Crippen molar-refractivity contribution in [2.75, 3.05) is 12.4 Å². The van der Waals surface area contributed by atoms with Gasteiger partial charge in [-0.1, -0.05) is 36.4 Å². The summed E-state index contributed by atoms with van der Waals surface area (Å²) < 4.78 is 31.1. The van der Waals surface area contributed by atoms with Crippen molar-refractivity contribution in [1.29, 1.82) is 0 Å². The molecule has 0 saturated heterocycles. The Hall–Kier alpha value is -2.64. The van der Waals surface area contributed by atoms with E-state index < -0.39 is 10.0 Å². The first-order valence-electron chi connectivity index (χ1n) is 8.72. The Labute approximate surface area is 159 Å². The average Bonchev–Trinajstić information content (AvgIpc) is 3.19. The van der Waals surface area contributed by atoms with Gasteiger partial charge in [-0.15, -0.1) is 0 Å². The Bertz CT molecular complexity index is 998. The van der Waals surface area contributed by atoms with Gasteiger partial charge >= 0.3 is 0 Å². The van der Waals surface area contributed by atoms with E-state index in [1.807, 2.05) is 48.5 Å². The number of nitrogens with zero attached hydrogens (tertiary/aromatic N) is 2. The molecule has 6 nitrogen and oxygen atoms in total. The molecule has 0 fully saturated rings. The number of aliphatic hydroxyl groups excluding tert-OH is 1. The molecular formula is C20H22N2O4S. The van der Waals surface area contributed by atoms with Crippen molar-refractivity contribution < 1.29 is 18.3 Å². The molecule has 3 rings (SSSR count). The van der Waals surface area contributed by atoms with Gasteiger partial charge in [0, 0.05) is 17.7 Å². The van der Waals surface area contributed by atoms with Gasteiger partial charge in [-0.3, -0.25) is 0 Å². The number of hydrogen-bond acceptors (Lipinski definition) is 5. The van der Waals surface area contributed by atoms with Gasteiger partial charge in [-0.25, -0.2) is 8.42 Å². The van der Waals surface area contributed by atoms with Gasteiger partial charge in [-0.05, 0) is 36.6 Å². The zero-order valence-electron chi connectivity index (χ0n) is 15.1. The zero-order valence-corrected chi connectivity index (χ0v) is 15.9. The van der Waals surface area contributed by atoms with Crippen molar-refractivity contribution in [2.24, 2.45) is 0 Å². The van der Waals surface area contributed by atoms with Gasteiger partial charge in [0.15, 0.2) is 0 Å². The monoisotopic (exact) mass is 386 g/mol. The molecule has 3 aromatic rings. The topological polar surface area (TPSA) is 81.4 Å². The van der Waals surface area contributed by atoms with Crippen LogP contribution in [0.1, 0.15) is 18.1 Å². The molecule has 0 amide bonds. The van der Waals surface area contributed by atoms with Crippen molar-refractivity contribution in [3.8, 4) is 16.9 Å². The minimum Gasteiger partial charge on any atom is -0.488 e. The smallest absolute Gasteiger partial charge is 0.253 e. The van der Waals surface area contributed by atoms with Crippen LogP contribution in [0.2, 0.25) is 0 Å². The lowest BCUT2D eigenvalue weighted by atomic mass is 10.0. The van der Waals surface area contributed by atoms with Crippen molar-refractivity contribution in [3.05, 3.63) is 72.1 Å². The lowest BCUT2D eigenvalue weighted by Crippen LogP contribution is -2.14. The summed E-state index contributed by atoms with van der Waals surface area (Å²) in [4.78, 5) is 0. The van der Waals surface area contributed by atoms with Crippen LogP contribution in [0.4, 0.5) is 0 Å². The van der Waals surface area contributed by atoms with Crippen molar-refractivity contribution in [3.63, 3.8) is 0 Å². The van der Waals surface area contributed by atoms with E-state index in [1.165, 1.54) is 12.4 Å². The number of benzene rings is 2. The first-order valence-corrected chi connectivity index (χ1v) is 10.3. The Kier molecular flexibility index (Phi) is 5.93. The molecule has 0 bridgehead atoms. The molecule has 0 unspecified atom stereocenters. The van der Waals surface area contributed by atoms with Gasteiger partial charge in [0.05, 0.1) is 18.1 Å². The molecule has 7 heteroatoms. The summed E-state index contributed by atoms with van der Waals surface area (Å²) >= 11 is 0. The first-order chi connectivity index (χ1) is 13.0.